The van der Waals surface area contributed by atoms with Crippen molar-refractivity contribution in [1.82, 2.24) is 0 Å². The van der Waals surface area contributed by atoms with E-state index in [1.54, 1.807) is 19.9 Å². The summed E-state index contributed by atoms with van der Waals surface area (Å²) in [5, 5.41) is 19.5. The smallest absolute Gasteiger partial charge is 0.872 e. The van der Waals surface area contributed by atoms with Gasteiger partial charge in [-0.05, 0) is 49.7 Å². The van der Waals surface area contributed by atoms with Crippen LogP contribution in [0.5, 0.6) is 5.75 Å². The van der Waals surface area contributed by atoms with E-state index < -0.39 is 10.1 Å². The minimum absolute atomic E-state index is 0. The first-order chi connectivity index (χ1) is 9.79. The third kappa shape index (κ3) is 4.37. The Morgan fingerprint density at radius 3 is 2.09 bits per heavy atom. The molecule has 0 atom stereocenters. The number of azo groups is 1. The van der Waals surface area contributed by atoms with Crippen molar-refractivity contribution in [2.45, 2.75) is 18.7 Å². The molecule has 0 aromatic heterocycles. The molecular formula is C14H13N2NaO4S. The molecule has 1 N–H and O–H groups in total. The second kappa shape index (κ2) is 7.34. The van der Waals surface area contributed by atoms with Gasteiger partial charge in [-0.3, -0.25) is 4.55 Å². The van der Waals surface area contributed by atoms with Crippen molar-refractivity contribution >= 4 is 21.5 Å². The normalized spacial score (nSPS) is 11.4. The van der Waals surface area contributed by atoms with Gasteiger partial charge in [-0.15, -0.1) is 5.75 Å². The summed E-state index contributed by atoms with van der Waals surface area (Å²) in [6.07, 6.45) is 0. The number of rotatable bonds is 3. The maximum atomic E-state index is 11.4. The average molecular weight is 328 g/mol. The molecule has 0 spiro atoms. The maximum Gasteiger partial charge on any atom is 1.00 e. The van der Waals surface area contributed by atoms with E-state index in [4.69, 9.17) is 4.55 Å². The fourth-order valence-electron chi connectivity index (χ4n) is 1.69. The molecule has 2 aromatic rings. The topological polar surface area (TPSA) is 102 Å². The van der Waals surface area contributed by atoms with E-state index in [1.165, 1.54) is 30.3 Å². The van der Waals surface area contributed by atoms with Crippen LogP contribution >= 0.6 is 0 Å². The van der Waals surface area contributed by atoms with Crippen LogP contribution in [0.15, 0.2) is 51.5 Å². The SMILES string of the molecule is Cc1c([O-])ccc(N=Nc2ccc(S(=O)(=O)O)cc2)c1C.[Na+]. The Morgan fingerprint density at radius 2 is 1.55 bits per heavy atom. The average Bonchev–Trinajstić information content (AvgIpc) is 2.43. The van der Waals surface area contributed by atoms with Gasteiger partial charge in [-0.1, -0.05) is 11.6 Å². The molecule has 2 rings (SSSR count). The van der Waals surface area contributed by atoms with Gasteiger partial charge < -0.3 is 5.11 Å². The molecule has 0 bridgehead atoms. The fourth-order valence-corrected chi connectivity index (χ4v) is 2.17. The van der Waals surface area contributed by atoms with Crippen molar-refractivity contribution in [2.75, 3.05) is 0 Å². The summed E-state index contributed by atoms with van der Waals surface area (Å²) in [4.78, 5) is -0.204. The van der Waals surface area contributed by atoms with Gasteiger partial charge >= 0.3 is 29.6 Å². The summed E-state index contributed by atoms with van der Waals surface area (Å²) in [5.41, 5.74) is 2.38. The first kappa shape index (κ1) is 18.8. The van der Waals surface area contributed by atoms with E-state index in [1.807, 2.05) is 0 Å². The van der Waals surface area contributed by atoms with Crippen LogP contribution in [0, 0.1) is 13.8 Å². The van der Waals surface area contributed by atoms with Crippen LogP contribution in [0.2, 0.25) is 0 Å². The first-order valence-electron chi connectivity index (χ1n) is 6.05. The van der Waals surface area contributed by atoms with Crippen molar-refractivity contribution < 1.29 is 47.6 Å². The van der Waals surface area contributed by atoms with E-state index in [0.29, 0.717) is 16.9 Å². The molecule has 0 aliphatic carbocycles. The van der Waals surface area contributed by atoms with Gasteiger partial charge in [0.2, 0.25) is 0 Å². The molecule has 0 aliphatic rings. The molecule has 22 heavy (non-hydrogen) atoms. The monoisotopic (exact) mass is 328 g/mol. The standard InChI is InChI=1S/C14H14N2O4S.Na/c1-9-10(2)14(17)8-7-13(9)16-15-11-3-5-12(6-4-11)21(18,19)20;/h3-8,17H,1-2H3,(H,18,19,20);/q;+1/p-1. The van der Waals surface area contributed by atoms with Crippen molar-refractivity contribution in [2.24, 2.45) is 10.2 Å². The molecule has 110 valence electrons. The fraction of sp³-hybridized carbons (Fsp3) is 0.143. The van der Waals surface area contributed by atoms with Crippen molar-refractivity contribution in [3.63, 3.8) is 0 Å². The summed E-state index contributed by atoms with van der Waals surface area (Å²) in [6, 6.07) is 8.34. The van der Waals surface area contributed by atoms with Gasteiger partial charge in [0.1, 0.15) is 0 Å². The van der Waals surface area contributed by atoms with Crippen LogP contribution < -0.4 is 34.7 Å². The molecule has 0 radical (unpaired) electrons. The zero-order chi connectivity index (χ0) is 15.6. The number of nitrogens with zero attached hydrogens (tertiary/aromatic N) is 2. The van der Waals surface area contributed by atoms with Crippen LogP contribution in [-0.2, 0) is 10.1 Å². The van der Waals surface area contributed by atoms with Crippen LogP contribution in [0.3, 0.4) is 0 Å². The molecule has 0 heterocycles. The van der Waals surface area contributed by atoms with Crippen molar-refractivity contribution in [1.29, 1.82) is 0 Å². The molecule has 0 fully saturated rings. The Kier molecular flexibility index (Phi) is 6.27. The molecule has 2 aromatic carbocycles. The van der Waals surface area contributed by atoms with Gasteiger partial charge in [0, 0.05) is 0 Å². The van der Waals surface area contributed by atoms with E-state index in [0.717, 1.165) is 5.56 Å². The second-order valence-electron chi connectivity index (χ2n) is 4.50. The minimum Gasteiger partial charge on any atom is -0.872 e. The molecule has 0 saturated heterocycles. The van der Waals surface area contributed by atoms with Crippen LogP contribution in [0.1, 0.15) is 11.1 Å². The Bertz CT molecular complexity index is 802. The minimum atomic E-state index is -4.21. The van der Waals surface area contributed by atoms with Crippen LogP contribution in [-0.4, -0.2) is 13.0 Å². The summed E-state index contributed by atoms with van der Waals surface area (Å²) in [6.45, 7) is 3.50. The molecule has 0 unspecified atom stereocenters. The molecule has 6 nitrogen and oxygen atoms in total. The number of hydrogen-bond acceptors (Lipinski definition) is 5. The zero-order valence-electron chi connectivity index (χ0n) is 12.4. The third-order valence-corrected chi connectivity index (χ3v) is 3.98. The van der Waals surface area contributed by atoms with Crippen LogP contribution in [0.25, 0.3) is 0 Å². The van der Waals surface area contributed by atoms with Gasteiger partial charge in [0.25, 0.3) is 10.1 Å². The van der Waals surface area contributed by atoms with Crippen molar-refractivity contribution in [3.05, 3.63) is 47.5 Å². The van der Waals surface area contributed by atoms with Gasteiger partial charge in [0.05, 0.1) is 16.3 Å². The molecular weight excluding hydrogens is 315 g/mol. The molecule has 0 amide bonds. The van der Waals surface area contributed by atoms with Gasteiger partial charge in [0.15, 0.2) is 0 Å². The van der Waals surface area contributed by atoms with E-state index in [9.17, 15) is 13.5 Å². The largest absolute Gasteiger partial charge is 1.00 e. The third-order valence-electron chi connectivity index (χ3n) is 3.12. The second-order valence-corrected chi connectivity index (χ2v) is 5.92. The Balaban J connectivity index is 0.00000242. The molecule has 0 saturated carbocycles. The Labute approximate surface area is 151 Å². The summed E-state index contributed by atoms with van der Waals surface area (Å²) in [7, 11) is -4.21. The van der Waals surface area contributed by atoms with Gasteiger partial charge in [-0.25, -0.2) is 0 Å². The van der Waals surface area contributed by atoms with E-state index >= 15 is 0 Å². The van der Waals surface area contributed by atoms with E-state index in [2.05, 4.69) is 10.2 Å². The number of hydrogen-bond donors (Lipinski definition) is 1. The summed E-state index contributed by atoms with van der Waals surface area (Å²) >= 11 is 0. The summed E-state index contributed by atoms with van der Waals surface area (Å²) < 4.78 is 30.7. The zero-order valence-corrected chi connectivity index (χ0v) is 15.3. The van der Waals surface area contributed by atoms with Gasteiger partial charge in [-0.2, -0.15) is 18.6 Å². The predicted molar refractivity (Wildman–Crippen MR) is 75.8 cm³/mol. The van der Waals surface area contributed by atoms with Crippen LogP contribution in [0.4, 0.5) is 11.4 Å². The number of benzene rings is 2. The predicted octanol–water partition coefficient (Wildman–Crippen LogP) is 0.0431. The summed E-state index contributed by atoms with van der Waals surface area (Å²) in [5.74, 6) is -0.0519. The molecule has 8 heteroatoms. The maximum absolute atomic E-state index is 11.4. The Hall–Kier alpha value is -1.25. The first-order valence-corrected chi connectivity index (χ1v) is 7.49. The van der Waals surface area contributed by atoms with Crippen molar-refractivity contribution in [3.8, 4) is 5.75 Å². The molecule has 0 aliphatic heterocycles. The Morgan fingerprint density at radius 1 is 0.955 bits per heavy atom. The quantitative estimate of drug-likeness (QED) is 0.488. The van der Waals surface area contributed by atoms with E-state index in [-0.39, 0.29) is 40.2 Å².